The minimum atomic E-state index is -0.289. The first kappa shape index (κ1) is 18.5. The molecule has 0 saturated heterocycles. The standard InChI is InChI=1S/C21H18ClNO2S/c1-4-11-23-20(24)18(15-6-5-13(2)14(3)12-15)19(21(23)25)26-17-9-7-16(22)8-10-17/h4-10,12H,1,11H2,2-3H3. The van der Waals surface area contributed by atoms with Crippen LogP contribution in [0.3, 0.4) is 0 Å². The summed E-state index contributed by atoms with van der Waals surface area (Å²) in [5.41, 5.74) is 3.42. The van der Waals surface area contributed by atoms with E-state index in [1.807, 2.05) is 44.2 Å². The minimum absolute atomic E-state index is 0.191. The molecule has 5 heteroatoms. The van der Waals surface area contributed by atoms with Crippen molar-refractivity contribution in [2.24, 2.45) is 0 Å². The smallest absolute Gasteiger partial charge is 0.268 e. The molecule has 1 aliphatic rings. The number of thioether (sulfide) groups is 1. The van der Waals surface area contributed by atoms with Crippen LogP contribution in [0, 0.1) is 13.8 Å². The minimum Gasteiger partial charge on any atom is -0.270 e. The van der Waals surface area contributed by atoms with Gasteiger partial charge in [-0.25, -0.2) is 0 Å². The van der Waals surface area contributed by atoms with Crippen molar-refractivity contribution >= 4 is 40.8 Å². The molecule has 2 amide bonds. The van der Waals surface area contributed by atoms with Gasteiger partial charge >= 0.3 is 0 Å². The van der Waals surface area contributed by atoms with Crippen molar-refractivity contribution in [2.45, 2.75) is 18.7 Å². The molecule has 1 aliphatic heterocycles. The summed E-state index contributed by atoms with van der Waals surface area (Å²) in [6, 6.07) is 13.0. The van der Waals surface area contributed by atoms with Crippen LogP contribution in [0.2, 0.25) is 5.02 Å². The maximum atomic E-state index is 12.9. The largest absolute Gasteiger partial charge is 0.270 e. The van der Waals surface area contributed by atoms with Crippen LogP contribution in [0.15, 0.2) is 64.9 Å². The van der Waals surface area contributed by atoms with Crippen molar-refractivity contribution < 1.29 is 9.59 Å². The number of nitrogens with zero attached hydrogens (tertiary/aromatic N) is 1. The van der Waals surface area contributed by atoms with Crippen molar-refractivity contribution in [2.75, 3.05) is 6.54 Å². The first-order chi connectivity index (χ1) is 12.4. The maximum Gasteiger partial charge on any atom is 0.268 e. The summed E-state index contributed by atoms with van der Waals surface area (Å²) >= 11 is 7.23. The van der Waals surface area contributed by atoms with Gasteiger partial charge in [0.2, 0.25) is 0 Å². The van der Waals surface area contributed by atoms with Gasteiger partial charge in [-0.15, -0.1) is 6.58 Å². The van der Waals surface area contributed by atoms with Crippen LogP contribution in [0.5, 0.6) is 0 Å². The molecule has 0 fully saturated rings. The molecule has 0 bridgehead atoms. The molecule has 132 valence electrons. The number of halogens is 1. The molecule has 0 spiro atoms. The zero-order valence-corrected chi connectivity index (χ0v) is 16.2. The number of hydrogen-bond acceptors (Lipinski definition) is 3. The average molecular weight is 384 g/mol. The number of carbonyl (C=O) groups is 2. The number of hydrogen-bond donors (Lipinski definition) is 0. The number of imide groups is 1. The van der Waals surface area contributed by atoms with Gasteiger partial charge in [-0.05, 0) is 54.8 Å². The second kappa shape index (κ2) is 7.52. The van der Waals surface area contributed by atoms with Gasteiger partial charge in [0.1, 0.15) is 0 Å². The summed E-state index contributed by atoms with van der Waals surface area (Å²) in [7, 11) is 0. The molecule has 3 nitrogen and oxygen atoms in total. The molecule has 0 aliphatic carbocycles. The number of aryl methyl sites for hydroxylation is 2. The van der Waals surface area contributed by atoms with E-state index in [2.05, 4.69) is 6.58 Å². The van der Waals surface area contributed by atoms with Crippen LogP contribution in [0.4, 0.5) is 0 Å². The first-order valence-electron chi connectivity index (χ1n) is 8.14. The normalized spacial score (nSPS) is 14.3. The van der Waals surface area contributed by atoms with Gasteiger partial charge in [-0.2, -0.15) is 0 Å². The molecule has 26 heavy (non-hydrogen) atoms. The Balaban J connectivity index is 2.10. The first-order valence-corrected chi connectivity index (χ1v) is 9.34. The summed E-state index contributed by atoms with van der Waals surface area (Å²) in [6.45, 7) is 7.85. The van der Waals surface area contributed by atoms with Crippen LogP contribution >= 0.6 is 23.4 Å². The predicted molar refractivity (Wildman–Crippen MR) is 107 cm³/mol. The summed E-state index contributed by atoms with van der Waals surface area (Å²) in [4.78, 5) is 28.3. The Hall–Kier alpha value is -2.30. The van der Waals surface area contributed by atoms with E-state index >= 15 is 0 Å². The Morgan fingerprint density at radius 2 is 1.73 bits per heavy atom. The summed E-state index contributed by atoms with van der Waals surface area (Å²) in [5, 5.41) is 0.625. The van der Waals surface area contributed by atoms with Crippen LogP contribution in [-0.2, 0) is 9.59 Å². The van der Waals surface area contributed by atoms with Crippen LogP contribution in [0.25, 0.3) is 5.57 Å². The lowest BCUT2D eigenvalue weighted by Crippen LogP contribution is -2.31. The quantitative estimate of drug-likeness (QED) is 0.537. The van der Waals surface area contributed by atoms with E-state index in [4.69, 9.17) is 11.6 Å². The van der Waals surface area contributed by atoms with Crippen molar-refractivity contribution in [3.05, 3.63) is 81.7 Å². The molecule has 0 N–H and O–H groups in total. The lowest BCUT2D eigenvalue weighted by Gasteiger charge is -2.12. The highest BCUT2D eigenvalue weighted by Gasteiger charge is 2.38. The molecule has 0 radical (unpaired) electrons. The van der Waals surface area contributed by atoms with Crippen molar-refractivity contribution in [1.29, 1.82) is 0 Å². The molecule has 0 atom stereocenters. The molecule has 0 saturated carbocycles. The second-order valence-corrected chi connectivity index (χ2v) is 7.59. The van der Waals surface area contributed by atoms with Gasteiger partial charge in [-0.3, -0.25) is 14.5 Å². The Morgan fingerprint density at radius 1 is 1.04 bits per heavy atom. The van der Waals surface area contributed by atoms with E-state index < -0.39 is 0 Å². The van der Waals surface area contributed by atoms with Gasteiger partial charge in [-0.1, -0.05) is 47.6 Å². The van der Waals surface area contributed by atoms with Crippen molar-refractivity contribution in [3.63, 3.8) is 0 Å². The fraction of sp³-hybridized carbons (Fsp3) is 0.143. The van der Waals surface area contributed by atoms with Crippen LogP contribution in [0.1, 0.15) is 16.7 Å². The van der Waals surface area contributed by atoms with E-state index in [0.717, 1.165) is 21.6 Å². The Labute approximate surface area is 162 Å². The molecule has 1 heterocycles. The monoisotopic (exact) mass is 383 g/mol. The third-order valence-electron chi connectivity index (χ3n) is 4.27. The Kier molecular flexibility index (Phi) is 5.35. The molecular formula is C21H18ClNO2S. The number of benzene rings is 2. The predicted octanol–water partition coefficient (Wildman–Crippen LogP) is 5.02. The maximum absolute atomic E-state index is 12.9. The highest BCUT2D eigenvalue weighted by molar-refractivity contribution is 8.04. The lowest BCUT2D eigenvalue weighted by molar-refractivity contribution is -0.135. The van der Waals surface area contributed by atoms with E-state index in [1.54, 1.807) is 18.2 Å². The summed E-state index contributed by atoms with van der Waals surface area (Å²) in [6.07, 6.45) is 1.56. The summed E-state index contributed by atoms with van der Waals surface area (Å²) < 4.78 is 0. The zero-order valence-electron chi connectivity index (χ0n) is 14.6. The molecule has 3 rings (SSSR count). The van der Waals surface area contributed by atoms with Crippen molar-refractivity contribution in [1.82, 2.24) is 4.90 Å². The second-order valence-electron chi connectivity index (χ2n) is 6.07. The van der Waals surface area contributed by atoms with Crippen LogP contribution < -0.4 is 0 Å². The number of amides is 2. The third kappa shape index (κ3) is 3.48. The molecule has 0 aromatic heterocycles. The van der Waals surface area contributed by atoms with E-state index in [9.17, 15) is 9.59 Å². The van der Waals surface area contributed by atoms with E-state index in [0.29, 0.717) is 15.5 Å². The van der Waals surface area contributed by atoms with Gasteiger partial charge in [0.25, 0.3) is 11.8 Å². The highest BCUT2D eigenvalue weighted by atomic mass is 35.5. The van der Waals surface area contributed by atoms with Crippen LogP contribution in [-0.4, -0.2) is 23.3 Å². The molecule has 2 aromatic rings. The third-order valence-corrected chi connectivity index (χ3v) is 5.61. The van der Waals surface area contributed by atoms with Gasteiger partial charge < -0.3 is 0 Å². The summed E-state index contributed by atoms with van der Waals surface area (Å²) in [5.74, 6) is -0.572. The fourth-order valence-electron chi connectivity index (χ4n) is 2.72. The average Bonchev–Trinajstić information content (AvgIpc) is 2.84. The SMILES string of the molecule is C=CCN1C(=O)C(Sc2ccc(Cl)cc2)=C(c2ccc(C)c(C)c2)C1=O. The topological polar surface area (TPSA) is 37.4 Å². The lowest BCUT2D eigenvalue weighted by atomic mass is 10.0. The Bertz CT molecular complexity index is 932. The Morgan fingerprint density at radius 3 is 2.35 bits per heavy atom. The fourth-order valence-corrected chi connectivity index (χ4v) is 3.85. The molecular weight excluding hydrogens is 366 g/mol. The van der Waals surface area contributed by atoms with Gasteiger partial charge in [0, 0.05) is 16.5 Å². The number of carbonyl (C=O) groups excluding carboxylic acids is 2. The van der Waals surface area contributed by atoms with Gasteiger partial charge in [0.15, 0.2) is 0 Å². The number of rotatable bonds is 5. The van der Waals surface area contributed by atoms with Gasteiger partial charge in [0.05, 0.1) is 10.5 Å². The van der Waals surface area contributed by atoms with E-state index in [1.165, 1.54) is 16.7 Å². The zero-order chi connectivity index (χ0) is 18.8. The highest BCUT2D eigenvalue weighted by Crippen LogP contribution is 2.40. The van der Waals surface area contributed by atoms with E-state index in [-0.39, 0.29) is 18.4 Å². The molecule has 0 unspecified atom stereocenters. The molecule has 2 aromatic carbocycles. The van der Waals surface area contributed by atoms with Crippen molar-refractivity contribution in [3.8, 4) is 0 Å².